The van der Waals surface area contributed by atoms with E-state index in [0.29, 0.717) is 6.54 Å². The monoisotopic (exact) mass is 230 g/mol. The molecule has 0 aromatic rings. The first-order chi connectivity index (χ1) is 7.49. The molecule has 1 aliphatic rings. The van der Waals surface area contributed by atoms with Gasteiger partial charge in [-0.3, -0.25) is 14.5 Å². The van der Waals surface area contributed by atoms with Gasteiger partial charge in [-0.1, -0.05) is 0 Å². The second-order valence-electron chi connectivity index (χ2n) is 4.24. The Labute approximate surface area is 94.4 Å². The number of carbonyl (C=O) groups is 2. The molecule has 0 saturated carbocycles. The molecule has 0 aliphatic carbocycles. The second-order valence-corrected chi connectivity index (χ2v) is 4.24. The minimum Gasteiger partial charge on any atom is -0.481 e. The molecule has 1 atom stereocenters. The van der Waals surface area contributed by atoms with Crippen LogP contribution in [0.4, 0.5) is 0 Å². The topological polar surface area (TPSA) is 81.1 Å². The molecule has 0 bridgehead atoms. The molecule has 0 radical (unpaired) electrons. The van der Waals surface area contributed by atoms with E-state index in [4.69, 9.17) is 10.2 Å². The first-order valence-corrected chi connectivity index (χ1v) is 5.34. The van der Waals surface area contributed by atoms with Gasteiger partial charge >= 0.3 is 11.9 Å². The zero-order valence-corrected chi connectivity index (χ0v) is 9.43. The highest BCUT2D eigenvalue weighted by Gasteiger charge is 2.25. The van der Waals surface area contributed by atoms with Gasteiger partial charge in [0.25, 0.3) is 0 Å². The smallest absolute Gasteiger partial charge is 0.308 e. The number of piperazine rings is 1. The molecule has 6 heteroatoms. The highest BCUT2D eigenvalue weighted by Crippen LogP contribution is 2.09. The van der Waals surface area contributed by atoms with Gasteiger partial charge in [0.1, 0.15) is 0 Å². The third-order valence-corrected chi connectivity index (χ3v) is 2.84. The lowest BCUT2D eigenvalue weighted by atomic mass is 10.1. The minimum atomic E-state index is -1.05. The fraction of sp³-hybridized carbons (Fsp3) is 0.800. The van der Waals surface area contributed by atoms with Crippen LogP contribution in [-0.4, -0.2) is 71.7 Å². The molecule has 2 N–H and O–H groups in total. The number of carboxylic acids is 2. The van der Waals surface area contributed by atoms with Crippen molar-refractivity contribution in [3.05, 3.63) is 0 Å². The molecule has 0 aromatic carbocycles. The summed E-state index contributed by atoms with van der Waals surface area (Å²) in [6.45, 7) is 3.74. The molecule has 16 heavy (non-hydrogen) atoms. The van der Waals surface area contributed by atoms with Crippen LogP contribution in [0.25, 0.3) is 0 Å². The van der Waals surface area contributed by atoms with Crippen molar-refractivity contribution < 1.29 is 19.8 Å². The van der Waals surface area contributed by atoms with Crippen molar-refractivity contribution in [2.45, 2.75) is 6.42 Å². The van der Waals surface area contributed by atoms with Crippen LogP contribution in [-0.2, 0) is 9.59 Å². The molecule has 1 aliphatic heterocycles. The lowest BCUT2D eigenvalue weighted by Gasteiger charge is -2.33. The van der Waals surface area contributed by atoms with E-state index in [1.807, 2.05) is 11.9 Å². The van der Waals surface area contributed by atoms with E-state index >= 15 is 0 Å². The van der Waals surface area contributed by atoms with Crippen molar-refractivity contribution in [2.75, 3.05) is 39.8 Å². The molecular formula is C10H18N2O4. The summed E-state index contributed by atoms with van der Waals surface area (Å²) >= 11 is 0. The van der Waals surface area contributed by atoms with Crippen LogP contribution in [0.2, 0.25) is 0 Å². The van der Waals surface area contributed by atoms with E-state index in [1.165, 1.54) is 0 Å². The summed E-state index contributed by atoms with van der Waals surface area (Å²) in [6, 6.07) is 0. The molecule has 0 spiro atoms. The zero-order valence-electron chi connectivity index (χ0n) is 9.43. The Morgan fingerprint density at radius 3 is 2.19 bits per heavy atom. The Morgan fingerprint density at radius 2 is 1.75 bits per heavy atom. The summed E-state index contributed by atoms with van der Waals surface area (Å²) in [5, 5.41) is 17.5. The Balaban J connectivity index is 2.42. The Bertz CT molecular complexity index is 262. The molecule has 1 heterocycles. The lowest BCUT2D eigenvalue weighted by molar-refractivity contribution is -0.149. The summed E-state index contributed by atoms with van der Waals surface area (Å²) in [6.07, 6.45) is -0.304. The van der Waals surface area contributed by atoms with E-state index in [-0.39, 0.29) is 6.42 Å². The van der Waals surface area contributed by atoms with Crippen LogP contribution in [0.15, 0.2) is 0 Å². The Hall–Kier alpha value is -1.14. The Morgan fingerprint density at radius 1 is 1.19 bits per heavy atom. The summed E-state index contributed by atoms with van der Waals surface area (Å²) in [7, 11) is 2.02. The second kappa shape index (κ2) is 5.81. The van der Waals surface area contributed by atoms with Gasteiger partial charge in [0.15, 0.2) is 0 Å². The van der Waals surface area contributed by atoms with Crippen molar-refractivity contribution in [2.24, 2.45) is 5.92 Å². The summed E-state index contributed by atoms with van der Waals surface area (Å²) in [5.74, 6) is -2.89. The summed E-state index contributed by atoms with van der Waals surface area (Å²) in [4.78, 5) is 25.6. The van der Waals surface area contributed by atoms with E-state index in [9.17, 15) is 9.59 Å². The van der Waals surface area contributed by atoms with Gasteiger partial charge in [-0.2, -0.15) is 0 Å². The van der Waals surface area contributed by atoms with E-state index in [0.717, 1.165) is 26.2 Å². The number of hydrogen-bond acceptors (Lipinski definition) is 4. The lowest BCUT2D eigenvalue weighted by Crippen LogP contribution is -2.47. The first-order valence-electron chi connectivity index (χ1n) is 5.34. The molecule has 1 unspecified atom stereocenters. The van der Waals surface area contributed by atoms with Gasteiger partial charge in [0.05, 0.1) is 12.3 Å². The highest BCUT2D eigenvalue weighted by molar-refractivity contribution is 5.77. The van der Waals surface area contributed by atoms with Crippen molar-refractivity contribution in [3.63, 3.8) is 0 Å². The van der Waals surface area contributed by atoms with E-state index in [1.54, 1.807) is 0 Å². The number of rotatable bonds is 5. The van der Waals surface area contributed by atoms with Crippen LogP contribution in [0.5, 0.6) is 0 Å². The van der Waals surface area contributed by atoms with E-state index in [2.05, 4.69) is 4.90 Å². The number of nitrogens with zero attached hydrogens (tertiary/aromatic N) is 2. The molecule has 92 valence electrons. The van der Waals surface area contributed by atoms with Crippen LogP contribution in [0, 0.1) is 5.92 Å². The predicted octanol–water partition coefficient (Wildman–Crippen LogP) is -0.591. The van der Waals surface area contributed by atoms with Crippen molar-refractivity contribution in [1.29, 1.82) is 0 Å². The van der Waals surface area contributed by atoms with Gasteiger partial charge in [-0.25, -0.2) is 0 Å². The third-order valence-electron chi connectivity index (χ3n) is 2.84. The van der Waals surface area contributed by atoms with Crippen LogP contribution >= 0.6 is 0 Å². The molecule has 1 rings (SSSR count). The zero-order chi connectivity index (χ0) is 12.1. The van der Waals surface area contributed by atoms with Crippen molar-refractivity contribution in [1.82, 2.24) is 9.80 Å². The van der Waals surface area contributed by atoms with Crippen LogP contribution < -0.4 is 0 Å². The molecular weight excluding hydrogens is 212 g/mol. The maximum Gasteiger partial charge on any atom is 0.308 e. The van der Waals surface area contributed by atoms with Gasteiger partial charge < -0.3 is 15.1 Å². The van der Waals surface area contributed by atoms with Gasteiger partial charge in [-0.05, 0) is 7.05 Å². The van der Waals surface area contributed by atoms with Crippen molar-refractivity contribution in [3.8, 4) is 0 Å². The number of hydrogen-bond donors (Lipinski definition) is 2. The SMILES string of the molecule is CN1CCN(CC(CC(=O)O)C(=O)O)CC1. The normalized spacial score (nSPS) is 20.6. The fourth-order valence-electron chi connectivity index (χ4n) is 1.78. The first kappa shape index (κ1) is 12.9. The molecule has 0 amide bonds. The predicted molar refractivity (Wildman–Crippen MR) is 57.3 cm³/mol. The maximum absolute atomic E-state index is 10.9. The van der Waals surface area contributed by atoms with Gasteiger partial charge in [0.2, 0.25) is 0 Å². The molecule has 1 saturated heterocycles. The standard InChI is InChI=1S/C10H18N2O4/c1-11-2-4-12(5-3-11)7-8(10(15)16)6-9(13)14/h8H,2-7H2,1H3,(H,13,14)(H,15,16). The highest BCUT2D eigenvalue weighted by atomic mass is 16.4. The van der Waals surface area contributed by atoms with Gasteiger partial charge in [0, 0.05) is 32.7 Å². The third kappa shape index (κ3) is 4.16. The van der Waals surface area contributed by atoms with E-state index < -0.39 is 17.9 Å². The van der Waals surface area contributed by atoms with Crippen LogP contribution in [0.3, 0.4) is 0 Å². The fourth-order valence-corrected chi connectivity index (χ4v) is 1.78. The van der Waals surface area contributed by atoms with Gasteiger partial charge in [-0.15, -0.1) is 0 Å². The quantitative estimate of drug-likeness (QED) is 0.657. The Kier molecular flexibility index (Phi) is 4.70. The van der Waals surface area contributed by atoms with Crippen molar-refractivity contribution >= 4 is 11.9 Å². The average Bonchev–Trinajstić information content (AvgIpc) is 2.19. The summed E-state index contributed by atoms with van der Waals surface area (Å²) in [5.41, 5.74) is 0. The van der Waals surface area contributed by atoms with Crippen LogP contribution in [0.1, 0.15) is 6.42 Å². The average molecular weight is 230 g/mol. The molecule has 0 aromatic heterocycles. The molecule has 1 fully saturated rings. The molecule has 6 nitrogen and oxygen atoms in total. The number of carboxylic acid groups (broad SMARTS) is 2. The largest absolute Gasteiger partial charge is 0.481 e. The summed E-state index contributed by atoms with van der Waals surface area (Å²) < 4.78 is 0. The maximum atomic E-state index is 10.9. The number of aliphatic carboxylic acids is 2. The number of likely N-dealkylation sites (N-methyl/N-ethyl adjacent to an activating group) is 1. The minimum absolute atomic E-state index is 0.304.